The largest absolute Gasteiger partial charge is 0.356 e. The lowest BCUT2D eigenvalue weighted by atomic mass is 9.88. The number of aromatic amines is 1. The Bertz CT molecular complexity index is 953. The molecule has 126 valence electrons. The Morgan fingerprint density at radius 2 is 2.28 bits per heavy atom. The van der Waals surface area contributed by atoms with E-state index >= 15 is 0 Å². The van der Waals surface area contributed by atoms with E-state index in [0.717, 1.165) is 41.4 Å². The first-order chi connectivity index (χ1) is 12.3. The first-order valence-electron chi connectivity index (χ1n) is 8.25. The molecule has 1 amide bonds. The smallest absolute Gasteiger partial charge is 0.243 e. The molecular formula is C19H18N4O2. The summed E-state index contributed by atoms with van der Waals surface area (Å²) in [6.45, 7) is 3.52. The van der Waals surface area contributed by atoms with Crippen LogP contribution in [-0.4, -0.2) is 27.1 Å². The molecule has 0 unspecified atom stereocenters. The van der Waals surface area contributed by atoms with Crippen molar-refractivity contribution in [1.29, 1.82) is 0 Å². The van der Waals surface area contributed by atoms with E-state index in [1.54, 1.807) is 12.4 Å². The van der Waals surface area contributed by atoms with E-state index in [9.17, 15) is 4.79 Å². The van der Waals surface area contributed by atoms with Crippen LogP contribution < -0.4 is 5.32 Å². The van der Waals surface area contributed by atoms with Gasteiger partial charge < -0.3 is 14.8 Å². The van der Waals surface area contributed by atoms with Crippen LogP contribution in [0.25, 0.3) is 27.9 Å². The zero-order valence-corrected chi connectivity index (χ0v) is 13.7. The number of hydrogen-bond donors (Lipinski definition) is 2. The third-order valence-corrected chi connectivity index (χ3v) is 4.53. The Balaban J connectivity index is 1.74. The second-order valence-electron chi connectivity index (χ2n) is 6.08. The second kappa shape index (κ2) is 6.39. The molecule has 3 heterocycles. The minimum absolute atomic E-state index is 0.112. The van der Waals surface area contributed by atoms with Gasteiger partial charge in [-0.1, -0.05) is 17.8 Å². The number of allylic oxidation sites excluding steroid dienone is 1. The number of nitrogens with one attached hydrogen (secondary N) is 2. The Morgan fingerprint density at radius 3 is 3.08 bits per heavy atom. The van der Waals surface area contributed by atoms with Crippen LogP contribution in [0.2, 0.25) is 0 Å². The fourth-order valence-corrected chi connectivity index (χ4v) is 3.39. The highest BCUT2D eigenvalue weighted by atomic mass is 16.5. The summed E-state index contributed by atoms with van der Waals surface area (Å²) < 4.78 is 5.33. The van der Waals surface area contributed by atoms with Crippen LogP contribution >= 0.6 is 0 Å². The molecule has 6 nitrogen and oxygen atoms in total. The van der Waals surface area contributed by atoms with Gasteiger partial charge in [0.1, 0.15) is 5.65 Å². The molecule has 0 spiro atoms. The standard InChI is InChI=1S/C19H18N4O2/c1-2-17(24)23-13-5-3-4-12(10-13)14-6-8-20-19-18(14)15(11-21-19)16-7-9-22-25-16/h2,4,6-9,11,13H,1,3,5,10H2,(H,20,21)(H,23,24)/t13-/m0/s1. The first kappa shape index (κ1) is 15.4. The zero-order valence-electron chi connectivity index (χ0n) is 13.7. The predicted molar refractivity (Wildman–Crippen MR) is 95.5 cm³/mol. The van der Waals surface area contributed by atoms with Crippen molar-refractivity contribution in [2.45, 2.75) is 25.3 Å². The third kappa shape index (κ3) is 2.87. The van der Waals surface area contributed by atoms with Crippen LogP contribution in [0.15, 0.2) is 54.0 Å². The molecule has 3 aromatic rings. The van der Waals surface area contributed by atoms with Crippen molar-refractivity contribution in [3.63, 3.8) is 0 Å². The molecule has 0 radical (unpaired) electrons. The number of aromatic nitrogens is 3. The van der Waals surface area contributed by atoms with Crippen LogP contribution in [0.4, 0.5) is 0 Å². The third-order valence-electron chi connectivity index (χ3n) is 4.53. The van der Waals surface area contributed by atoms with E-state index in [1.165, 1.54) is 11.6 Å². The van der Waals surface area contributed by atoms with Crippen LogP contribution in [0, 0.1) is 0 Å². The van der Waals surface area contributed by atoms with Crippen LogP contribution in [0.1, 0.15) is 24.8 Å². The maximum atomic E-state index is 11.6. The molecule has 0 fully saturated rings. The lowest BCUT2D eigenvalue weighted by Gasteiger charge is -2.24. The molecule has 3 aromatic heterocycles. The van der Waals surface area contributed by atoms with E-state index in [1.807, 2.05) is 18.3 Å². The van der Waals surface area contributed by atoms with Gasteiger partial charge in [-0.15, -0.1) is 0 Å². The summed E-state index contributed by atoms with van der Waals surface area (Å²) in [6, 6.07) is 3.96. The van der Waals surface area contributed by atoms with Gasteiger partial charge in [0.2, 0.25) is 5.91 Å². The molecule has 1 atom stereocenters. The van der Waals surface area contributed by atoms with Gasteiger partial charge in [0.15, 0.2) is 5.76 Å². The average Bonchev–Trinajstić information content (AvgIpc) is 3.30. The van der Waals surface area contributed by atoms with E-state index in [2.05, 4.69) is 33.1 Å². The van der Waals surface area contributed by atoms with Gasteiger partial charge in [-0.25, -0.2) is 4.98 Å². The van der Waals surface area contributed by atoms with Gasteiger partial charge in [-0.3, -0.25) is 4.79 Å². The Kier molecular flexibility index (Phi) is 3.93. The van der Waals surface area contributed by atoms with Crippen molar-refractivity contribution >= 4 is 22.5 Å². The lowest BCUT2D eigenvalue weighted by molar-refractivity contribution is -0.117. The van der Waals surface area contributed by atoms with E-state index in [-0.39, 0.29) is 11.9 Å². The highest BCUT2D eigenvalue weighted by Gasteiger charge is 2.21. The molecule has 1 aliphatic rings. The van der Waals surface area contributed by atoms with Gasteiger partial charge >= 0.3 is 0 Å². The monoisotopic (exact) mass is 334 g/mol. The van der Waals surface area contributed by atoms with E-state index in [0.29, 0.717) is 5.76 Å². The summed E-state index contributed by atoms with van der Waals surface area (Å²) >= 11 is 0. The van der Waals surface area contributed by atoms with Gasteiger partial charge in [-0.05, 0) is 42.5 Å². The molecule has 0 bridgehead atoms. The summed E-state index contributed by atoms with van der Waals surface area (Å²) in [7, 11) is 0. The Hall–Kier alpha value is -3.15. The lowest BCUT2D eigenvalue weighted by Crippen LogP contribution is -2.34. The van der Waals surface area contributed by atoms with E-state index in [4.69, 9.17) is 4.52 Å². The normalized spacial score (nSPS) is 17.3. The Morgan fingerprint density at radius 1 is 1.36 bits per heavy atom. The number of fused-ring (bicyclic) bond motifs is 1. The predicted octanol–water partition coefficient (Wildman–Crippen LogP) is 3.46. The number of amides is 1. The average molecular weight is 334 g/mol. The molecule has 4 rings (SSSR count). The van der Waals surface area contributed by atoms with Gasteiger partial charge in [0.05, 0.1) is 6.20 Å². The minimum Gasteiger partial charge on any atom is -0.356 e. The summed E-state index contributed by atoms with van der Waals surface area (Å²) in [4.78, 5) is 19.2. The molecule has 6 heteroatoms. The molecule has 0 saturated heterocycles. The van der Waals surface area contributed by atoms with Crippen molar-refractivity contribution in [3.8, 4) is 11.3 Å². The fourth-order valence-electron chi connectivity index (χ4n) is 3.39. The highest BCUT2D eigenvalue weighted by molar-refractivity contribution is 6.00. The number of nitrogens with zero attached hydrogens (tertiary/aromatic N) is 2. The second-order valence-corrected chi connectivity index (χ2v) is 6.08. The number of carbonyl (C=O) groups excluding carboxylic acids is 1. The maximum absolute atomic E-state index is 11.6. The minimum atomic E-state index is -0.130. The first-order valence-corrected chi connectivity index (χ1v) is 8.25. The van der Waals surface area contributed by atoms with Crippen molar-refractivity contribution in [3.05, 3.63) is 55.0 Å². The molecule has 0 saturated carbocycles. The number of H-pyrrole nitrogens is 1. The number of hydrogen-bond acceptors (Lipinski definition) is 4. The quantitative estimate of drug-likeness (QED) is 0.716. The Labute approximate surface area is 144 Å². The van der Waals surface area contributed by atoms with Gasteiger partial charge in [-0.2, -0.15) is 0 Å². The zero-order chi connectivity index (χ0) is 17.2. The summed E-state index contributed by atoms with van der Waals surface area (Å²) in [5, 5.41) is 7.82. The number of rotatable bonds is 4. The number of carbonyl (C=O) groups is 1. The summed E-state index contributed by atoms with van der Waals surface area (Å²) in [6.07, 6.45) is 11.5. The molecule has 0 aromatic carbocycles. The highest BCUT2D eigenvalue weighted by Crippen LogP contribution is 2.36. The molecule has 1 aliphatic carbocycles. The number of pyridine rings is 1. The van der Waals surface area contributed by atoms with Crippen molar-refractivity contribution < 1.29 is 9.32 Å². The summed E-state index contributed by atoms with van der Waals surface area (Å²) in [5.74, 6) is 0.573. The van der Waals surface area contributed by atoms with Gasteiger partial charge in [0, 0.05) is 35.5 Å². The molecular weight excluding hydrogens is 316 g/mol. The molecule has 25 heavy (non-hydrogen) atoms. The molecule has 2 N–H and O–H groups in total. The molecule has 0 aliphatic heterocycles. The fraction of sp³-hybridized carbons (Fsp3) is 0.211. The van der Waals surface area contributed by atoms with Crippen molar-refractivity contribution in [1.82, 2.24) is 20.4 Å². The van der Waals surface area contributed by atoms with E-state index < -0.39 is 0 Å². The maximum Gasteiger partial charge on any atom is 0.243 e. The topological polar surface area (TPSA) is 83.8 Å². The van der Waals surface area contributed by atoms with Crippen molar-refractivity contribution in [2.75, 3.05) is 0 Å². The van der Waals surface area contributed by atoms with Crippen molar-refractivity contribution in [2.24, 2.45) is 0 Å². The van der Waals surface area contributed by atoms with Crippen LogP contribution in [0.5, 0.6) is 0 Å². The van der Waals surface area contributed by atoms with Gasteiger partial charge in [0.25, 0.3) is 0 Å². The SMILES string of the molecule is C=CC(=O)N[C@H]1CCC=C(c2ccnc3[nH]cc(-c4ccno4)c23)C1. The summed E-state index contributed by atoms with van der Waals surface area (Å²) in [5.41, 5.74) is 4.05. The van der Waals surface area contributed by atoms with Crippen LogP contribution in [-0.2, 0) is 4.79 Å². The van der Waals surface area contributed by atoms with Crippen LogP contribution in [0.3, 0.4) is 0 Å².